The van der Waals surface area contributed by atoms with E-state index < -0.39 is 0 Å². The smallest absolute Gasteiger partial charge is 0.320 e. The van der Waals surface area contributed by atoms with Crippen LogP contribution in [0.3, 0.4) is 0 Å². The molecule has 0 bridgehead atoms. The molecule has 1 saturated heterocycles. The van der Waals surface area contributed by atoms with E-state index in [1.807, 2.05) is 4.57 Å². The van der Waals surface area contributed by atoms with Crippen molar-refractivity contribution in [2.45, 2.75) is 32.4 Å². The molecule has 4 rings (SSSR count). The Morgan fingerprint density at radius 2 is 2.12 bits per heavy atom. The third kappa shape index (κ3) is 3.35. The Morgan fingerprint density at radius 3 is 2.85 bits per heavy atom. The molecule has 0 radical (unpaired) electrons. The first-order valence-corrected chi connectivity index (χ1v) is 8.94. The van der Waals surface area contributed by atoms with Gasteiger partial charge in [0.25, 0.3) is 0 Å². The minimum Gasteiger partial charge on any atom is -0.467 e. The maximum atomic E-state index is 5.77. The fourth-order valence-electron chi connectivity index (χ4n) is 3.18. The van der Waals surface area contributed by atoms with Crippen LogP contribution in [-0.2, 0) is 11.2 Å². The Labute approximate surface area is 152 Å². The van der Waals surface area contributed by atoms with Crippen molar-refractivity contribution >= 4 is 17.0 Å². The second kappa shape index (κ2) is 7.29. The summed E-state index contributed by atoms with van der Waals surface area (Å²) < 4.78 is 13.0. The van der Waals surface area contributed by atoms with E-state index in [0.29, 0.717) is 11.8 Å². The quantitative estimate of drug-likeness (QED) is 0.734. The average molecular weight is 353 g/mol. The topological polar surface area (TPSA) is 74.1 Å². The number of nitrogens with zero attached hydrogens (tertiary/aromatic N) is 4. The number of ether oxygens (including phenoxy) is 2. The van der Waals surface area contributed by atoms with Crippen molar-refractivity contribution in [1.82, 2.24) is 19.5 Å². The lowest BCUT2D eigenvalue weighted by Crippen LogP contribution is -2.10. The van der Waals surface area contributed by atoms with Crippen LogP contribution in [0, 0.1) is 6.92 Å². The van der Waals surface area contributed by atoms with Crippen LogP contribution < -0.4 is 10.1 Å². The van der Waals surface area contributed by atoms with Gasteiger partial charge in [-0.15, -0.1) is 0 Å². The van der Waals surface area contributed by atoms with E-state index in [2.05, 4.69) is 51.5 Å². The molecule has 2 aromatic heterocycles. The van der Waals surface area contributed by atoms with E-state index in [0.717, 1.165) is 43.6 Å². The number of benzene rings is 1. The van der Waals surface area contributed by atoms with Gasteiger partial charge in [0.1, 0.15) is 6.23 Å². The highest BCUT2D eigenvalue weighted by molar-refractivity contribution is 5.83. The van der Waals surface area contributed by atoms with Gasteiger partial charge in [0.2, 0.25) is 0 Å². The van der Waals surface area contributed by atoms with Crippen LogP contribution >= 0.6 is 0 Å². The van der Waals surface area contributed by atoms with Gasteiger partial charge < -0.3 is 14.8 Å². The Hall–Kier alpha value is -2.67. The number of hydrogen-bond acceptors (Lipinski definition) is 6. The van der Waals surface area contributed by atoms with Gasteiger partial charge in [-0.25, -0.2) is 4.98 Å². The zero-order chi connectivity index (χ0) is 17.9. The highest BCUT2D eigenvalue weighted by Gasteiger charge is 2.22. The van der Waals surface area contributed by atoms with Crippen molar-refractivity contribution in [1.29, 1.82) is 0 Å². The monoisotopic (exact) mass is 353 g/mol. The lowest BCUT2D eigenvalue weighted by Gasteiger charge is -2.12. The Morgan fingerprint density at radius 1 is 1.27 bits per heavy atom. The summed E-state index contributed by atoms with van der Waals surface area (Å²) in [7, 11) is 1.57. The first-order chi connectivity index (χ1) is 12.7. The Balaban J connectivity index is 1.56. The van der Waals surface area contributed by atoms with Crippen LogP contribution in [0.25, 0.3) is 11.2 Å². The highest BCUT2D eigenvalue weighted by atomic mass is 16.5. The number of nitrogens with one attached hydrogen (secondary N) is 1. The molecule has 26 heavy (non-hydrogen) atoms. The lowest BCUT2D eigenvalue weighted by atomic mass is 10.1. The van der Waals surface area contributed by atoms with Crippen molar-refractivity contribution in [2.75, 3.05) is 25.6 Å². The molecule has 1 N–H and O–H groups in total. The maximum absolute atomic E-state index is 5.77. The Bertz CT molecular complexity index is 885. The molecular formula is C19H23N5O2. The van der Waals surface area contributed by atoms with Crippen LogP contribution in [0.4, 0.5) is 5.82 Å². The summed E-state index contributed by atoms with van der Waals surface area (Å²) in [5, 5.41) is 3.38. The van der Waals surface area contributed by atoms with Gasteiger partial charge in [-0.1, -0.05) is 29.8 Å². The second-order valence-corrected chi connectivity index (χ2v) is 6.51. The molecule has 1 aliphatic rings. The zero-order valence-electron chi connectivity index (χ0n) is 15.1. The van der Waals surface area contributed by atoms with Gasteiger partial charge in [-0.05, 0) is 31.7 Å². The predicted molar refractivity (Wildman–Crippen MR) is 99.5 cm³/mol. The van der Waals surface area contributed by atoms with Crippen LogP contribution in [0.1, 0.15) is 30.2 Å². The van der Waals surface area contributed by atoms with Crippen LogP contribution in [0.5, 0.6) is 6.01 Å². The molecule has 0 amide bonds. The maximum Gasteiger partial charge on any atom is 0.320 e. The minimum atomic E-state index is -0.0139. The zero-order valence-corrected chi connectivity index (χ0v) is 15.1. The van der Waals surface area contributed by atoms with E-state index in [9.17, 15) is 0 Å². The van der Waals surface area contributed by atoms with Gasteiger partial charge in [0.05, 0.1) is 13.4 Å². The first kappa shape index (κ1) is 16.8. The molecule has 7 heteroatoms. The van der Waals surface area contributed by atoms with Crippen LogP contribution in [0.2, 0.25) is 0 Å². The van der Waals surface area contributed by atoms with E-state index in [1.54, 1.807) is 13.4 Å². The molecule has 1 aromatic carbocycles. The normalized spacial score (nSPS) is 16.9. The number of rotatable bonds is 6. The summed E-state index contributed by atoms with van der Waals surface area (Å²) in [5.74, 6) is 0.690. The number of aryl methyl sites for hydroxylation is 1. The Kier molecular flexibility index (Phi) is 4.71. The number of aromatic nitrogens is 4. The van der Waals surface area contributed by atoms with Crippen molar-refractivity contribution < 1.29 is 9.47 Å². The fraction of sp³-hybridized carbons (Fsp3) is 0.421. The summed E-state index contributed by atoms with van der Waals surface area (Å²) in [4.78, 5) is 13.4. The summed E-state index contributed by atoms with van der Waals surface area (Å²) in [6, 6.07) is 8.89. The summed E-state index contributed by atoms with van der Waals surface area (Å²) >= 11 is 0. The molecule has 1 atom stereocenters. The number of imidazole rings is 1. The number of fused-ring (bicyclic) bond motifs is 1. The second-order valence-electron chi connectivity index (χ2n) is 6.51. The number of anilines is 1. The molecule has 136 valence electrons. The molecule has 1 fully saturated rings. The average Bonchev–Trinajstić information content (AvgIpc) is 3.32. The highest BCUT2D eigenvalue weighted by Crippen LogP contribution is 2.29. The van der Waals surface area contributed by atoms with Crippen LogP contribution in [-0.4, -0.2) is 39.8 Å². The van der Waals surface area contributed by atoms with Gasteiger partial charge in [0.15, 0.2) is 17.0 Å². The van der Waals surface area contributed by atoms with Crippen molar-refractivity contribution in [3.05, 3.63) is 41.7 Å². The van der Waals surface area contributed by atoms with E-state index in [-0.39, 0.29) is 6.23 Å². The summed E-state index contributed by atoms with van der Waals surface area (Å²) in [6.07, 6.45) is 4.68. The first-order valence-electron chi connectivity index (χ1n) is 8.94. The third-order valence-electron chi connectivity index (χ3n) is 4.63. The van der Waals surface area contributed by atoms with E-state index >= 15 is 0 Å². The predicted octanol–water partition coefficient (Wildman–Crippen LogP) is 3.11. The summed E-state index contributed by atoms with van der Waals surface area (Å²) in [5.41, 5.74) is 4.03. The van der Waals surface area contributed by atoms with Crippen molar-refractivity contribution in [3.63, 3.8) is 0 Å². The van der Waals surface area contributed by atoms with E-state index in [4.69, 9.17) is 9.47 Å². The van der Waals surface area contributed by atoms with E-state index in [1.165, 1.54) is 11.1 Å². The molecule has 0 saturated carbocycles. The largest absolute Gasteiger partial charge is 0.467 e. The molecule has 1 aliphatic heterocycles. The summed E-state index contributed by atoms with van der Waals surface area (Å²) in [6.45, 7) is 3.62. The van der Waals surface area contributed by atoms with Crippen LogP contribution in [0.15, 0.2) is 30.6 Å². The molecule has 0 aliphatic carbocycles. The fourth-order valence-corrected chi connectivity index (χ4v) is 3.18. The molecule has 0 spiro atoms. The van der Waals surface area contributed by atoms with Gasteiger partial charge >= 0.3 is 6.01 Å². The van der Waals surface area contributed by atoms with Gasteiger partial charge in [-0.3, -0.25) is 4.57 Å². The number of methoxy groups -OCH3 is 1. The SMILES string of the molecule is COc1nc(NCCc2ccc(C)cc2)c2ncn([C@H]3CCCO3)c2n1. The molecule has 3 aromatic rings. The van der Waals surface area contributed by atoms with Crippen molar-refractivity contribution in [3.8, 4) is 6.01 Å². The standard InChI is InChI=1S/C19H23N5O2/c1-13-5-7-14(8-6-13)9-10-20-17-16-18(23-19(22-17)25-2)24(12-21-16)15-4-3-11-26-15/h5-8,12,15H,3-4,9-11H2,1-2H3,(H,20,22,23)/t15-/m1/s1. The molecular weight excluding hydrogens is 330 g/mol. The molecule has 7 nitrogen and oxygen atoms in total. The number of hydrogen-bond donors (Lipinski definition) is 1. The minimum absolute atomic E-state index is 0.0139. The van der Waals surface area contributed by atoms with Gasteiger partial charge in [0, 0.05) is 13.2 Å². The lowest BCUT2D eigenvalue weighted by molar-refractivity contribution is 0.0592. The molecule has 3 heterocycles. The van der Waals surface area contributed by atoms with Crippen molar-refractivity contribution in [2.24, 2.45) is 0 Å². The molecule has 0 unspecified atom stereocenters. The third-order valence-corrected chi connectivity index (χ3v) is 4.63. The van der Waals surface area contributed by atoms with Gasteiger partial charge in [-0.2, -0.15) is 9.97 Å².